The molecule has 0 bridgehead atoms. The monoisotopic (exact) mass is 192 g/mol. The third-order valence-electron chi connectivity index (χ3n) is 1.45. The van der Waals surface area contributed by atoms with E-state index in [-0.39, 0.29) is 0 Å². The standard InChI is InChI=1S/C11H12OS/c1-10(2)8-9-13(12)11-6-4-3-5-7-11/h3-9H,1H2,2H3/b9-8+/t13-/m0/s1. The number of hydrogen-bond acceptors (Lipinski definition) is 1. The van der Waals surface area contributed by atoms with Gasteiger partial charge in [0.1, 0.15) is 0 Å². The fourth-order valence-corrected chi connectivity index (χ4v) is 1.75. The first-order chi connectivity index (χ1) is 6.20. The zero-order valence-electron chi connectivity index (χ0n) is 7.57. The molecule has 0 aliphatic rings. The number of allylic oxidation sites excluding steroid dienone is 2. The first-order valence-electron chi connectivity index (χ1n) is 3.99. The summed E-state index contributed by atoms with van der Waals surface area (Å²) < 4.78 is 11.5. The Bertz CT molecular complexity index is 338. The SMILES string of the molecule is C=C(C)/C=C/[S@](=O)c1ccccc1. The van der Waals surface area contributed by atoms with Crippen LogP contribution in [0, 0.1) is 0 Å². The van der Waals surface area contributed by atoms with Crippen LogP contribution >= 0.6 is 0 Å². The highest BCUT2D eigenvalue weighted by atomic mass is 32.2. The third-order valence-corrected chi connectivity index (χ3v) is 2.57. The van der Waals surface area contributed by atoms with Crippen molar-refractivity contribution in [3.8, 4) is 0 Å². The maximum Gasteiger partial charge on any atom is 0.0776 e. The van der Waals surface area contributed by atoms with Crippen molar-refractivity contribution >= 4 is 10.8 Å². The quantitative estimate of drug-likeness (QED) is 0.673. The molecular formula is C11H12OS. The molecule has 1 atom stereocenters. The lowest BCUT2D eigenvalue weighted by atomic mass is 10.4. The molecule has 0 N–H and O–H groups in total. The molecule has 0 saturated heterocycles. The number of hydrogen-bond donors (Lipinski definition) is 0. The highest BCUT2D eigenvalue weighted by Crippen LogP contribution is 2.07. The Morgan fingerprint density at radius 1 is 1.38 bits per heavy atom. The molecule has 0 unspecified atom stereocenters. The van der Waals surface area contributed by atoms with Crippen molar-refractivity contribution in [2.45, 2.75) is 11.8 Å². The van der Waals surface area contributed by atoms with Crippen molar-refractivity contribution < 1.29 is 4.21 Å². The van der Waals surface area contributed by atoms with Gasteiger partial charge in [0.15, 0.2) is 0 Å². The first kappa shape index (κ1) is 9.93. The van der Waals surface area contributed by atoms with Gasteiger partial charge in [-0.15, -0.1) is 0 Å². The largest absolute Gasteiger partial charge is 0.250 e. The van der Waals surface area contributed by atoms with Crippen molar-refractivity contribution in [1.82, 2.24) is 0 Å². The van der Waals surface area contributed by atoms with E-state index >= 15 is 0 Å². The smallest absolute Gasteiger partial charge is 0.0776 e. The van der Waals surface area contributed by atoms with Gasteiger partial charge in [0.05, 0.1) is 10.8 Å². The maximum absolute atomic E-state index is 11.5. The number of benzene rings is 1. The molecule has 0 spiro atoms. The molecular weight excluding hydrogens is 180 g/mol. The Labute approximate surface area is 81.3 Å². The van der Waals surface area contributed by atoms with E-state index in [1.807, 2.05) is 37.3 Å². The molecule has 0 heterocycles. The Morgan fingerprint density at radius 2 is 2.00 bits per heavy atom. The van der Waals surface area contributed by atoms with Crippen molar-refractivity contribution in [2.75, 3.05) is 0 Å². The summed E-state index contributed by atoms with van der Waals surface area (Å²) in [5.41, 5.74) is 0.907. The lowest BCUT2D eigenvalue weighted by Gasteiger charge is -1.94. The summed E-state index contributed by atoms with van der Waals surface area (Å²) in [4.78, 5) is 0.819. The second-order valence-electron chi connectivity index (χ2n) is 2.76. The molecule has 0 amide bonds. The second-order valence-corrected chi connectivity index (χ2v) is 4.10. The molecule has 0 saturated carbocycles. The van der Waals surface area contributed by atoms with E-state index in [1.165, 1.54) is 0 Å². The van der Waals surface area contributed by atoms with Crippen molar-refractivity contribution in [1.29, 1.82) is 0 Å². The van der Waals surface area contributed by atoms with Crippen molar-refractivity contribution in [3.63, 3.8) is 0 Å². The van der Waals surface area contributed by atoms with Crippen LogP contribution in [0.15, 0.2) is 58.9 Å². The minimum Gasteiger partial charge on any atom is -0.250 e. The predicted molar refractivity (Wildman–Crippen MR) is 56.8 cm³/mol. The van der Waals surface area contributed by atoms with Gasteiger partial charge in [-0.3, -0.25) is 0 Å². The molecule has 68 valence electrons. The summed E-state index contributed by atoms with van der Waals surface area (Å²) in [6.45, 7) is 5.57. The predicted octanol–water partition coefficient (Wildman–Crippen LogP) is 2.88. The van der Waals surface area contributed by atoms with Crippen molar-refractivity contribution in [3.05, 3.63) is 54.0 Å². The van der Waals surface area contributed by atoms with Crippen LogP contribution in [-0.2, 0) is 10.8 Å². The number of rotatable bonds is 3. The minimum absolute atomic E-state index is 0.819. The lowest BCUT2D eigenvalue weighted by Crippen LogP contribution is -1.84. The van der Waals surface area contributed by atoms with E-state index in [0.29, 0.717) is 0 Å². The van der Waals surface area contributed by atoms with Crippen LogP contribution in [0.4, 0.5) is 0 Å². The Hall–Kier alpha value is -1.15. The highest BCUT2D eigenvalue weighted by Gasteiger charge is 1.95. The molecule has 1 nitrogen and oxygen atoms in total. The van der Waals surface area contributed by atoms with Gasteiger partial charge in [-0.05, 0) is 19.1 Å². The van der Waals surface area contributed by atoms with Gasteiger partial charge < -0.3 is 0 Å². The third kappa shape index (κ3) is 3.38. The summed E-state index contributed by atoms with van der Waals surface area (Å²) in [7, 11) is -1.05. The second kappa shape index (κ2) is 4.77. The molecule has 13 heavy (non-hydrogen) atoms. The van der Waals surface area contributed by atoms with E-state index in [2.05, 4.69) is 6.58 Å². The zero-order valence-corrected chi connectivity index (χ0v) is 8.38. The van der Waals surface area contributed by atoms with Gasteiger partial charge in [-0.1, -0.05) is 36.4 Å². The van der Waals surface area contributed by atoms with Gasteiger partial charge in [0.25, 0.3) is 0 Å². The summed E-state index contributed by atoms with van der Waals surface area (Å²) in [5.74, 6) is 0. The molecule has 0 aliphatic carbocycles. The summed E-state index contributed by atoms with van der Waals surface area (Å²) in [6.07, 6.45) is 1.77. The van der Waals surface area contributed by atoms with E-state index in [0.717, 1.165) is 10.5 Å². The van der Waals surface area contributed by atoms with Gasteiger partial charge in [0.2, 0.25) is 0 Å². The molecule has 1 rings (SSSR count). The van der Waals surface area contributed by atoms with Gasteiger partial charge in [-0.2, -0.15) is 0 Å². The van der Waals surface area contributed by atoms with Crippen LogP contribution in [-0.4, -0.2) is 4.21 Å². The summed E-state index contributed by atoms with van der Waals surface area (Å²) >= 11 is 0. The molecule has 0 aromatic heterocycles. The van der Waals surface area contributed by atoms with E-state index in [1.54, 1.807) is 11.5 Å². The molecule has 1 aromatic rings. The van der Waals surface area contributed by atoms with E-state index in [4.69, 9.17) is 0 Å². The Morgan fingerprint density at radius 3 is 2.54 bits per heavy atom. The average Bonchev–Trinajstić information content (AvgIpc) is 2.15. The fourth-order valence-electron chi connectivity index (χ4n) is 0.811. The minimum atomic E-state index is -1.05. The van der Waals surface area contributed by atoms with Crippen LogP contribution in [0.2, 0.25) is 0 Å². The maximum atomic E-state index is 11.5. The van der Waals surface area contributed by atoms with Gasteiger partial charge in [0, 0.05) is 10.3 Å². The molecule has 1 aromatic carbocycles. The highest BCUT2D eigenvalue weighted by molar-refractivity contribution is 7.88. The zero-order chi connectivity index (χ0) is 9.68. The van der Waals surface area contributed by atoms with Gasteiger partial charge in [-0.25, -0.2) is 4.21 Å². The van der Waals surface area contributed by atoms with Gasteiger partial charge >= 0.3 is 0 Å². The Balaban J connectivity index is 2.76. The lowest BCUT2D eigenvalue weighted by molar-refractivity contribution is 0.688. The van der Waals surface area contributed by atoms with Crippen LogP contribution in [0.25, 0.3) is 0 Å². The van der Waals surface area contributed by atoms with Crippen LogP contribution in [0.1, 0.15) is 6.92 Å². The molecule has 0 radical (unpaired) electrons. The summed E-state index contributed by atoms with van der Waals surface area (Å²) in [6, 6.07) is 9.35. The molecule has 0 fully saturated rings. The topological polar surface area (TPSA) is 17.1 Å². The van der Waals surface area contributed by atoms with Crippen LogP contribution < -0.4 is 0 Å². The van der Waals surface area contributed by atoms with Crippen molar-refractivity contribution in [2.24, 2.45) is 0 Å². The van der Waals surface area contributed by atoms with E-state index < -0.39 is 10.8 Å². The molecule has 0 aliphatic heterocycles. The molecule has 2 heteroatoms. The first-order valence-corrected chi connectivity index (χ1v) is 5.21. The normalized spacial score (nSPS) is 13.0. The fraction of sp³-hybridized carbons (Fsp3) is 0.0909. The van der Waals surface area contributed by atoms with Crippen LogP contribution in [0.3, 0.4) is 0 Å². The average molecular weight is 192 g/mol. The Kier molecular flexibility index (Phi) is 3.65. The summed E-state index contributed by atoms with van der Waals surface area (Å²) in [5, 5.41) is 1.65. The van der Waals surface area contributed by atoms with E-state index in [9.17, 15) is 4.21 Å². The van der Waals surface area contributed by atoms with Crippen LogP contribution in [0.5, 0.6) is 0 Å².